The third kappa shape index (κ3) is 5.47. The van der Waals surface area contributed by atoms with Gasteiger partial charge in [0.15, 0.2) is 12.6 Å². The molecule has 2 unspecified atom stereocenters. The molecule has 3 rings (SSSR count). The molecule has 0 saturated carbocycles. The van der Waals surface area contributed by atoms with Crippen molar-refractivity contribution in [2.45, 2.75) is 39.5 Å². The number of carbonyl (C=O) groups excluding carboxylic acids is 2. The average Bonchev–Trinajstić information content (AvgIpc) is 3.17. The lowest BCUT2D eigenvalue weighted by Crippen LogP contribution is -2.38. The van der Waals surface area contributed by atoms with Crippen molar-refractivity contribution in [3.05, 3.63) is 65.7 Å². The molecular weight excluding hydrogens is 370 g/mol. The van der Waals surface area contributed by atoms with E-state index in [1.807, 2.05) is 68.4 Å². The van der Waals surface area contributed by atoms with E-state index in [-0.39, 0.29) is 18.5 Å². The number of aromatic nitrogens is 4. The molecule has 0 radical (unpaired) electrons. The van der Waals surface area contributed by atoms with Crippen molar-refractivity contribution in [1.29, 1.82) is 0 Å². The number of carbonyl (C=O) groups is 2. The summed E-state index contributed by atoms with van der Waals surface area (Å²) in [6, 6.07) is 17.0. The third-order valence-electron chi connectivity index (χ3n) is 4.37. The Kier molecular flexibility index (Phi) is 6.33. The highest BCUT2D eigenvalue weighted by Crippen LogP contribution is 2.14. The van der Waals surface area contributed by atoms with E-state index < -0.39 is 12.1 Å². The van der Waals surface area contributed by atoms with Crippen LogP contribution in [-0.4, -0.2) is 38.2 Å². The van der Waals surface area contributed by atoms with Crippen molar-refractivity contribution >= 4 is 11.9 Å². The van der Waals surface area contributed by atoms with Gasteiger partial charge < -0.3 is 10.1 Å². The number of hydrogen-bond donors (Lipinski definition) is 1. The van der Waals surface area contributed by atoms with Crippen LogP contribution in [0.3, 0.4) is 0 Å². The van der Waals surface area contributed by atoms with E-state index in [9.17, 15) is 9.59 Å². The van der Waals surface area contributed by atoms with Gasteiger partial charge in [0.05, 0.1) is 6.04 Å². The Labute approximate surface area is 168 Å². The lowest BCUT2D eigenvalue weighted by atomic mass is 10.1. The van der Waals surface area contributed by atoms with Gasteiger partial charge in [-0.1, -0.05) is 60.2 Å². The van der Waals surface area contributed by atoms with Crippen LogP contribution in [0.4, 0.5) is 0 Å². The molecule has 0 bridgehead atoms. The molecular formula is C21H23N5O3. The van der Waals surface area contributed by atoms with Gasteiger partial charge in [0.25, 0.3) is 5.91 Å². The zero-order chi connectivity index (χ0) is 20.8. The van der Waals surface area contributed by atoms with Crippen LogP contribution in [0.5, 0.6) is 0 Å². The normalized spacial score (nSPS) is 12.8. The Morgan fingerprint density at radius 2 is 1.76 bits per heavy atom. The van der Waals surface area contributed by atoms with Gasteiger partial charge >= 0.3 is 5.97 Å². The second kappa shape index (κ2) is 9.09. The van der Waals surface area contributed by atoms with Gasteiger partial charge in [-0.2, -0.15) is 4.80 Å². The molecule has 0 aliphatic heterocycles. The minimum absolute atomic E-state index is 0.195. The molecule has 1 amide bonds. The summed E-state index contributed by atoms with van der Waals surface area (Å²) in [4.78, 5) is 25.6. The minimum atomic E-state index is -0.936. The first-order valence-electron chi connectivity index (χ1n) is 9.32. The van der Waals surface area contributed by atoms with E-state index in [2.05, 4.69) is 20.7 Å². The first-order valence-corrected chi connectivity index (χ1v) is 9.32. The van der Waals surface area contributed by atoms with E-state index in [0.29, 0.717) is 5.82 Å². The Hall–Kier alpha value is -3.55. The lowest BCUT2D eigenvalue weighted by molar-refractivity contribution is -0.156. The van der Waals surface area contributed by atoms with Gasteiger partial charge in [-0.15, -0.1) is 10.2 Å². The van der Waals surface area contributed by atoms with E-state index in [1.165, 1.54) is 6.92 Å². The number of nitrogens with zero attached hydrogens (tertiary/aromatic N) is 4. The van der Waals surface area contributed by atoms with Gasteiger partial charge in [0, 0.05) is 5.56 Å². The zero-order valence-corrected chi connectivity index (χ0v) is 16.6. The summed E-state index contributed by atoms with van der Waals surface area (Å²) < 4.78 is 5.20. The maximum Gasteiger partial charge on any atom is 0.330 e. The maximum atomic E-state index is 12.3. The molecule has 1 aromatic heterocycles. The Balaban J connectivity index is 1.52. The lowest BCUT2D eigenvalue weighted by Gasteiger charge is -2.18. The Morgan fingerprint density at radius 3 is 2.45 bits per heavy atom. The summed E-state index contributed by atoms with van der Waals surface area (Å²) in [5.74, 6) is -0.574. The first kappa shape index (κ1) is 20.2. The van der Waals surface area contributed by atoms with Crippen LogP contribution in [0.1, 0.15) is 31.0 Å². The smallest absolute Gasteiger partial charge is 0.330 e. The first-order chi connectivity index (χ1) is 13.9. The summed E-state index contributed by atoms with van der Waals surface area (Å²) in [6.45, 7) is 5.15. The average molecular weight is 393 g/mol. The fraction of sp³-hybridized carbons (Fsp3) is 0.286. The fourth-order valence-corrected chi connectivity index (χ4v) is 2.69. The summed E-state index contributed by atoms with van der Waals surface area (Å²) in [5.41, 5.74) is 2.89. The number of rotatable bonds is 7. The van der Waals surface area contributed by atoms with Crippen LogP contribution < -0.4 is 5.32 Å². The summed E-state index contributed by atoms with van der Waals surface area (Å²) in [7, 11) is 0. The predicted molar refractivity (Wildman–Crippen MR) is 107 cm³/mol. The number of aryl methyl sites for hydroxylation is 1. The number of esters is 1. The molecule has 8 nitrogen and oxygen atoms in total. The molecule has 29 heavy (non-hydrogen) atoms. The van der Waals surface area contributed by atoms with Gasteiger partial charge in [0.1, 0.15) is 0 Å². The third-order valence-corrected chi connectivity index (χ3v) is 4.37. The summed E-state index contributed by atoms with van der Waals surface area (Å²) in [5, 5.41) is 14.8. The van der Waals surface area contributed by atoms with Gasteiger partial charge in [0.2, 0.25) is 5.82 Å². The summed E-state index contributed by atoms with van der Waals surface area (Å²) in [6.07, 6.45) is -0.936. The molecule has 2 atom stereocenters. The van der Waals surface area contributed by atoms with Crippen molar-refractivity contribution in [2.24, 2.45) is 0 Å². The topological polar surface area (TPSA) is 99.0 Å². The van der Waals surface area contributed by atoms with Crippen molar-refractivity contribution in [2.75, 3.05) is 0 Å². The second-order valence-electron chi connectivity index (χ2n) is 6.78. The van der Waals surface area contributed by atoms with Crippen LogP contribution in [0.25, 0.3) is 11.4 Å². The monoisotopic (exact) mass is 393 g/mol. The van der Waals surface area contributed by atoms with Crippen molar-refractivity contribution in [3.8, 4) is 11.4 Å². The van der Waals surface area contributed by atoms with Crippen LogP contribution >= 0.6 is 0 Å². The van der Waals surface area contributed by atoms with Crippen LogP contribution in [0.15, 0.2) is 54.6 Å². The molecule has 1 heterocycles. The van der Waals surface area contributed by atoms with Crippen molar-refractivity contribution < 1.29 is 14.3 Å². The Morgan fingerprint density at radius 1 is 1.07 bits per heavy atom. The molecule has 0 fully saturated rings. The molecule has 3 aromatic rings. The molecule has 0 aliphatic rings. The number of amides is 1. The van der Waals surface area contributed by atoms with Crippen LogP contribution in [0.2, 0.25) is 0 Å². The van der Waals surface area contributed by atoms with Crippen molar-refractivity contribution in [1.82, 2.24) is 25.5 Å². The van der Waals surface area contributed by atoms with Crippen LogP contribution in [-0.2, 0) is 20.9 Å². The van der Waals surface area contributed by atoms with E-state index >= 15 is 0 Å². The van der Waals surface area contributed by atoms with Gasteiger partial charge in [-0.05, 0) is 31.5 Å². The second-order valence-corrected chi connectivity index (χ2v) is 6.78. The Bertz CT molecular complexity index is 969. The molecule has 0 spiro atoms. The standard InChI is InChI=1S/C21H23N5O3/c1-14-9-11-18(12-10-14)20-23-25-26(24-20)13-19(27)29-16(3)21(28)22-15(2)17-7-5-4-6-8-17/h4-12,15-16H,13H2,1-3H3,(H,22,28). The minimum Gasteiger partial charge on any atom is -0.451 e. The molecule has 1 N–H and O–H groups in total. The number of ether oxygens (including phenoxy) is 1. The SMILES string of the molecule is Cc1ccc(-c2nnn(CC(=O)OC(C)C(=O)NC(C)c3ccccc3)n2)cc1. The predicted octanol–water partition coefficient (Wildman–Crippen LogP) is 2.46. The van der Waals surface area contributed by atoms with Gasteiger partial charge in [-0.25, -0.2) is 4.79 Å². The molecule has 8 heteroatoms. The zero-order valence-electron chi connectivity index (χ0n) is 16.6. The molecule has 2 aromatic carbocycles. The van der Waals surface area contributed by atoms with Crippen LogP contribution in [0, 0.1) is 6.92 Å². The summed E-state index contributed by atoms with van der Waals surface area (Å²) >= 11 is 0. The molecule has 0 saturated heterocycles. The van der Waals surface area contributed by atoms with Gasteiger partial charge in [-0.3, -0.25) is 4.79 Å². The van der Waals surface area contributed by atoms with Crippen molar-refractivity contribution in [3.63, 3.8) is 0 Å². The number of nitrogens with one attached hydrogen (secondary N) is 1. The van der Waals surface area contributed by atoms with E-state index in [0.717, 1.165) is 21.5 Å². The highest BCUT2D eigenvalue weighted by molar-refractivity contribution is 5.83. The quantitative estimate of drug-likeness (QED) is 0.619. The molecule has 0 aliphatic carbocycles. The number of tetrazole rings is 1. The highest BCUT2D eigenvalue weighted by Gasteiger charge is 2.21. The maximum absolute atomic E-state index is 12.3. The molecule has 150 valence electrons. The van der Waals surface area contributed by atoms with E-state index in [1.54, 1.807) is 0 Å². The fourth-order valence-electron chi connectivity index (χ4n) is 2.69. The van der Waals surface area contributed by atoms with E-state index in [4.69, 9.17) is 4.74 Å². The number of hydrogen-bond acceptors (Lipinski definition) is 6. The highest BCUT2D eigenvalue weighted by atomic mass is 16.5. The number of benzene rings is 2. The largest absolute Gasteiger partial charge is 0.451 e.